The van der Waals surface area contributed by atoms with Gasteiger partial charge in [-0.2, -0.15) is 0 Å². The third-order valence-corrected chi connectivity index (χ3v) is 2.93. The molecule has 1 aliphatic heterocycles. The Hall–Kier alpha value is -1.22. The van der Waals surface area contributed by atoms with Crippen LogP contribution in [0.15, 0.2) is 18.2 Å². The van der Waals surface area contributed by atoms with Crippen molar-refractivity contribution in [3.05, 3.63) is 23.8 Å². The summed E-state index contributed by atoms with van der Waals surface area (Å²) in [5, 5.41) is 0. The second kappa shape index (κ2) is 4.53. The van der Waals surface area contributed by atoms with Crippen molar-refractivity contribution >= 4 is 5.69 Å². The van der Waals surface area contributed by atoms with E-state index in [1.54, 1.807) is 7.11 Å². The smallest absolute Gasteiger partial charge is 0.124 e. The van der Waals surface area contributed by atoms with Gasteiger partial charge in [0.25, 0.3) is 0 Å². The molecule has 0 aliphatic carbocycles. The molecule has 0 radical (unpaired) electrons. The Morgan fingerprint density at radius 2 is 2.33 bits per heavy atom. The van der Waals surface area contributed by atoms with Gasteiger partial charge >= 0.3 is 0 Å². The second-order valence-electron chi connectivity index (χ2n) is 3.84. The summed E-state index contributed by atoms with van der Waals surface area (Å²) in [6.07, 6.45) is 2.14. The Bertz CT molecular complexity index is 338. The maximum absolute atomic E-state index is 5.53. The van der Waals surface area contributed by atoms with Crippen LogP contribution in [-0.2, 0) is 6.42 Å². The average Bonchev–Trinajstić information content (AvgIpc) is 2.69. The number of fused-ring (bicyclic) bond motifs is 1. The summed E-state index contributed by atoms with van der Waals surface area (Å²) in [6.45, 7) is 2.90. The summed E-state index contributed by atoms with van der Waals surface area (Å²) in [5.41, 5.74) is 8.20. The molecule has 0 aromatic heterocycles. The minimum absolute atomic E-state index is 0.760. The van der Waals surface area contributed by atoms with Gasteiger partial charge in [0, 0.05) is 24.3 Å². The first kappa shape index (κ1) is 10.3. The molecule has 0 saturated carbocycles. The van der Waals surface area contributed by atoms with Gasteiger partial charge in [-0.05, 0) is 31.5 Å². The van der Waals surface area contributed by atoms with Gasteiger partial charge in [0.1, 0.15) is 5.75 Å². The first-order valence-corrected chi connectivity index (χ1v) is 5.47. The fraction of sp³-hybridized carbons (Fsp3) is 0.500. The van der Waals surface area contributed by atoms with E-state index in [0.29, 0.717) is 0 Å². The van der Waals surface area contributed by atoms with E-state index >= 15 is 0 Å². The Labute approximate surface area is 90.8 Å². The van der Waals surface area contributed by atoms with Crippen LogP contribution in [0.1, 0.15) is 12.0 Å². The number of anilines is 1. The standard InChI is InChI=1S/C12H18N2O/c1-15-12-5-2-4-11-10(12)6-9-14(11)8-3-7-13/h2,4-5H,3,6-9,13H2,1H3. The molecule has 3 heteroatoms. The van der Waals surface area contributed by atoms with Crippen molar-refractivity contribution in [3.63, 3.8) is 0 Å². The van der Waals surface area contributed by atoms with Crippen molar-refractivity contribution < 1.29 is 4.74 Å². The van der Waals surface area contributed by atoms with Gasteiger partial charge < -0.3 is 15.4 Å². The molecule has 2 N–H and O–H groups in total. The Morgan fingerprint density at radius 1 is 1.47 bits per heavy atom. The molecule has 1 heterocycles. The second-order valence-corrected chi connectivity index (χ2v) is 3.84. The fourth-order valence-corrected chi connectivity index (χ4v) is 2.17. The summed E-state index contributed by atoms with van der Waals surface area (Å²) < 4.78 is 5.36. The number of rotatable bonds is 4. The molecular weight excluding hydrogens is 188 g/mol. The van der Waals surface area contributed by atoms with Crippen LogP contribution < -0.4 is 15.4 Å². The van der Waals surface area contributed by atoms with Crippen LogP contribution in [0.25, 0.3) is 0 Å². The molecule has 15 heavy (non-hydrogen) atoms. The molecule has 1 aliphatic rings. The minimum atomic E-state index is 0.760. The molecule has 2 rings (SSSR count). The lowest BCUT2D eigenvalue weighted by molar-refractivity contribution is 0.411. The van der Waals surface area contributed by atoms with Gasteiger partial charge in [-0.1, -0.05) is 6.07 Å². The van der Waals surface area contributed by atoms with E-state index in [0.717, 1.165) is 38.2 Å². The molecular formula is C12H18N2O. The number of methoxy groups -OCH3 is 1. The highest BCUT2D eigenvalue weighted by atomic mass is 16.5. The zero-order valence-corrected chi connectivity index (χ0v) is 9.20. The Kier molecular flexibility index (Phi) is 3.11. The van der Waals surface area contributed by atoms with E-state index < -0.39 is 0 Å². The zero-order chi connectivity index (χ0) is 10.7. The lowest BCUT2D eigenvalue weighted by atomic mass is 10.1. The van der Waals surface area contributed by atoms with Crippen molar-refractivity contribution in [2.75, 3.05) is 31.6 Å². The monoisotopic (exact) mass is 206 g/mol. The molecule has 0 atom stereocenters. The number of ether oxygens (including phenoxy) is 1. The van der Waals surface area contributed by atoms with Crippen molar-refractivity contribution in [1.82, 2.24) is 0 Å². The van der Waals surface area contributed by atoms with Crippen LogP contribution in [0.3, 0.4) is 0 Å². The van der Waals surface area contributed by atoms with E-state index in [9.17, 15) is 0 Å². The van der Waals surface area contributed by atoms with Crippen LogP contribution in [0.2, 0.25) is 0 Å². The predicted octanol–water partition coefficient (Wildman–Crippen LogP) is 1.41. The van der Waals surface area contributed by atoms with Crippen LogP contribution in [0.4, 0.5) is 5.69 Å². The van der Waals surface area contributed by atoms with Gasteiger partial charge in [-0.15, -0.1) is 0 Å². The van der Waals surface area contributed by atoms with E-state index in [1.165, 1.54) is 11.3 Å². The van der Waals surface area contributed by atoms with Crippen LogP contribution in [0, 0.1) is 0 Å². The molecule has 1 aromatic carbocycles. The summed E-state index contributed by atoms with van der Waals surface area (Å²) >= 11 is 0. The SMILES string of the molecule is COc1cccc2c1CCN2CCCN. The van der Waals surface area contributed by atoms with E-state index in [2.05, 4.69) is 17.0 Å². The van der Waals surface area contributed by atoms with Crippen molar-refractivity contribution in [1.29, 1.82) is 0 Å². The summed E-state index contributed by atoms with van der Waals surface area (Å²) in [6, 6.07) is 6.26. The Morgan fingerprint density at radius 3 is 3.07 bits per heavy atom. The largest absolute Gasteiger partial charge is 0.496 e. The molecule has 0 amide bonds. The molecule has 3 nitrogen and oxygen atoms in total. The number of nitrogens with zero attached hydrogens (tertiary/aromatic N) is 1. The summed E-state index contributed by atoms with van der Waals surface area (Å²) in [4.78, 5) is 2.39. The van der Waals surface area contributed by atoms with Gasteiger partial charge in [0.2, 0.25) is 0 Å². The molecule has 0 saturated heterocycles. The maximum atomic E-state index is 5.53. The lowest BCUT2D eigenvalue weighted by Crippen LogP contribution is -2.23. The lowest BCUT2D eigenvalue weighted by Gasteiger charge is -2.19. The number of hydrogen-bond acceptors (Lipinski definition) is 3. The molecule has 0 spiro atoms. The number of benzene rings is 1. The predicted molar refractivity (Wildman–Crippen MR) is 62.6 cm³/mol. The third kappa shape index (κ3) is 1.92. The number of nitrogens with two attached hydrogens (primary N) is 1. The fourth-order valence-electron chi connectivity index (χ4n) is 2.17. The van der Waals surface area contributed by atoms with Crippen LogP contribution in [-0.4, -0.2) is 26.7 Å². The van der Waals surface area contributed by atoms with E-state index in [-0.39, 0.29) is 0 Å². The quantitative estimate of drug-likeness (QED) is 0.809. The highest BCUT2D eigenvalue weighted by molar-refractivity contribution is 5.63. The van der Waals surface area contributed by atoms with E-state index in [1.807, 2.05) is 6.07 Å². The molecule has 0 unspecified atom stereocenters. The number of hydrogen-bond donors (Lipinski definition) is 1. The minimum Gasteiger partial charge on any atom is -0.496 e. The molecule has 1 aromatic rings. The van der Waals surface area contributed by atoms with Gasteiger partial charge in [0.15, 0.2) is 0 Å². The van der Waals surface area contributed by atoms with Gasteiger partial charge in [0.05, 0.1) is 7.11 Å². The summed E-state index contributed by atoms with van der Waals surface area (Å²) in [7, 11) is 1.73. The van der Waals surface area contributed by atoms with Crippen molar-refractivity contribution in [3.8, 4) is 5.75 Å². The van der Waals surface area contributed by atoms with Gasteiger partial charge in [-0.25, -0.2) is 0 Å². The zero-order valence-electron chi connectivity index (χ0n) is 9.20. The first-order chi connectivity index (χ1) is 7.36. The first-order valence-electron chi connectivity index (χ1n) is 5.47. The third-order valence-electron chi connectivity index (χ3n) is 2.93. The highest BCUT2D eigenvalue weighted by Crippen LogP contribution is 2.34. The Balaban J connectivity index is 2.19. The molecule has 0 bridgehead atoms. The van der Waals surface area contributed by atoms with E-state index in [4.69, 9.17) is 10.5 Å². The molecule has 0 fully saturated rings. The maximum Gasteiger partial charge on any atom is 0.124 e. The van der Waals surface area contributed by atoms with Crippen LogP contribution in [0.5, 0.6) is 5.75 Å². The highest BCUT2D eigenvalue weighted by Gasteiger charge is 2.21. The van der Waals surface area contributed by atoms with Crippen molar-refractivity contribution in [2.24, 2.45) is 5.73 Å². The van der Waals surface area contributed by atoms with Crippen molar-refractivity contribution in [2.45, 2.75) is 12.8 Å². The average molecular weight is 206 g/mol. The normalized spacial score (nSPS) is 14.1. The molecule has 82 valence electrons. The summed E-state index contributed by atoms with van der Waals surface area (Å²) in [5.74, 6) is 1.02. The topological polar surface area (TPSA) is 38.5 Å². The van der Waals surface area contributed by atoms with Gasteiger partial charge in [-0.3, -0.25) is 0 Å². The van der Waals surface area contributed by atoms with Crippen LogP contribution >= 0.6 is 0 Å².